The normalized spacial score (nSPS) is 19.2. The summed E-state index contributed by atoms with van der Waals surface area (Å²) in [6.45, 7) is 0.443. The summed E-state index contributed by atoms with van der Waals surface area (Å²) in [4.78, 5) is 0. The highest BCUT2D eigenvalue weighted by molar-refractivity contribution is 5.39. The molecule has 0 amide bonds. The van der Waals surface area contributed by atoms with E-state index >= 15 is 0 Å². The van der Waals surface area contributed by atoms with Crippen molar-refractivity contribution in [1.82, 2.24) is 0 Å². The van der Waals surface area contributed by atoms with Crippen LogP contribution in [-0.4, -0.2) is 12.7 Å². The van der Waals surface area contributed by atoms with Gasteiger partial charge in [-0.25, -0.2) is 0 Å². The van der Waals surface area contributed by atoms with Crippen LogP contribution in [0.3, 0.4) is 0 Å². The first kappa shape index (κ1) is 7.93. The molecule has 0 saturated heterocycles. The van der Waals surface area contributed by atoms with Gasteiger partial charge >= 0.3 is 0 Å². The molecule has 0 aliphatic carbocycles. The van der Waals surface area contributed by atoms with Gasteiger partial charge in [0.15, 0.2) is 11.5 Å². The molecule has 13 heavy (non-hydrogen) atoms. The standard InChI is InChI=1S/C10H8NO2/c11-6-5-8-7-12-9-3-1-2-4-10(9)13-8/h1-3,8H,5,7H2. The minimum atomic E-state index is -0.156. The van der Waals surface area contributed by atoms with E-state index < -0.39 is 0 Å². The van der Waals surface area contributed by atoms with Crippen LogP contribution in [-0.2, 0) is 0 Å². The zero-order chi connectivity index (χ0) is 9.10. The number of hydrogen-bond acceptors (Lipinski definition) is 3. The van der Waals surface area contributed by atoms with Crippen molar-refractivity contribution >= 4 is 0 Å². The number of fused-ring (bicyclic) bond motifs is 1. The minimum absolute atomic E-state index is 0.156. The van der Waals surface area contributed by atoms with Crippen LogP contribution in [0.1, 0.15) is 6.42 Å². The molecule has 3 nitrogen and oxygen atoms in total. The second kappa shape index (κ2) is 3.36. The Morgan fingerprint density at radius 3 is 3.46 bits per heavy atom. The van der Waals surface area contributed by atoms with E-state index in [0.29, 0.717) is 24.5 Å². The first-order chi connectivity index (χ1) is 6.40. The van der Waals surface area contributed by atoms with Crippen molar-refractivity contribution in [2.75, 3.05) is 6.61 Å². The van der Waals surface area contributed by atoms with Gasteiger partial charge in [0.05, 0.1) is 12.5 Å². The SMILES string of the molecule is N#CCC1COc2ccc[c]c2O1. The van der Waals surface area contributed by atoms with Gasteiger partial charge in [-0.2, -0.15) is 5.26 Å². The summed E-state index contributed by atoms with van der Waals surface area (Å²) in [6, 6.07) is 10.4. The van der Waals surface area contributed by atoms with Crippen LogP contribution >= 0.6 is 0 Å². The van der Waals surface area contributed by atoms with Crippen LogP contribution in [0.2, 0.25) is 0 Å². The zero-order valence-corrected chi connectivity index (χ0v) is 6.99. The average molecular weight is 174 g/mol. The van der Waals surface area contributed by atoms with E-state index in [-0.39, 0.29) is 6.10 Å². The third kappa shape index (κ3) is 1.57. The molecule has 0 fully saturated rings. The van der Waals surface area contributed by atoms with Crippen molar-refractivity contribution in [3.05, 3.63) is 24.3 Å². The molecule has 65 valence electrons. The lowest BCUT2D eigenvalue weighted by Crippen LogP contribution is -2.28. The Kier molecular flexibility index (Phi) is 2.05. The summed E-state index contributed by atoms with van der Waals surface area (Å²) in [5.41, 5.74) is 0. The number of hydrogen-bond donors (Lipinski definition) is 0. The molecule has 3 heteroatoms. The lowest BCUT2D eigenvalue weighted by atomic mass is 10.2. The van der Waals surface area contributed by atoms with Gasteiger partial charge in [0.25, 0.3) is 0 Å². The topological polar surface area (TPSA) is 42.2 Å². The van der Waals surface area contributed by atoms with Crippen molar-refractivity contribution in [3.8, 4) is 17.6 Å². The Balaban J connectivity index is 2.16. The van der Waals surface area contributed by atoms with Gasteiger partial charge in [0.1, 0.15) is 12.7 Å². The van der Waals surface area contributed by atoms with Crippen molar-refractivity contribution in [1.29, 1.82) is 5.26 Å². The summed E-state index contributed by atoms with van der Waals surface area (Å²) in [7, 11) is 0. The van der Waals surface area contributed by atoms with Crippen molar-refractivity contribution in [2.24, 2.45) is 0 Å². The van der Waals surface area contributed by atoms with Crippen molar-refractivity contribution < 1.29 is 9.47 Å². The summed E-state index contributed by atoms with van der Waals surface area (Å²) < 4.78 is 10.9. The van der Waals surface area contributed by atoms with Gasteiger partial charge in [-0.3, -0.25) is 0 Å². The molecule has 1 radical (unpaired) electrons. The van der Waals surface area contributed by atoms with Gasteiger partial charge in [-0.15, -0.1) is 0 Å². The Morgan fingerprint density at radius 1 is 1.69 bits per heavy atom. The molecule has 1 aromatic carbocycles. The van der Waals surface area contributed by atoms with Crippen LogP contribution in [0.15, 0.2) is 18.2 Å². The predicted octanol–water partition coefficient (Wildman–Crippen LogP) is 1.54. The number of rotatable bonds is 1. The van der Waals surface area contributed by atoms with Gasteiger partial charge in [-0.1, -0.05) is 12.1 Å². The number of para-hydroxylation sites is 1. The zero-order valence-electron chi connectivity index (χ0n) is 6.99. The molecule has 0 N–H and O–H groups in total. The number of nitriles is 1. The molecule has 0 spiro atoms. The first-order valence-corrected chi connectivity index (χ1v) is 4.07. The Hall–Kier alpha value is -1.69. The Bertz CT molecular complexity index is 343. The number of ether oxygens (including phenoxy) is 2. The molecule has 0 bridgehead atoms. The van der Waals surface area contributed by atoms with Crippen LogP contribution in [0.5, 0.6) is 11.5 Å². The van der Waals surface area contributed by atoms with E-state index in [0.717, 1.165) is 0 Å². The highest BCUT2D eigenvalue weighted by atomic mass is 16.6. The Labute approximate surface area is 76.5 Å². The van der Waals surface area contributed by atoms with Crippen LogP contribution < -0.4 is 9.47 Å². The molecule has 1 heterocycles. The minimum Gasteiger partial charge on any atom is -0.486 e. The van der Waals surface area contributed by atoms with Crippen LogP contribution in [0, 0.1) is 17.4 Å². The molecule has 1 aliphatic heterocycles. The fourth-order valence-electron chi connectivity index (χ4n) is 1.20. The van der Waals surface area contributed by atoms with Crippen molar-refractivity contribution in [2.45, 2.75) is 12.5 Å². The maximum absolute atomic E-state index is 8.47. The van der Waals surface area contributed by atoms with E-state index in [1.165, 1.54) is 0 Å². The highest BCUT2D eigenvalue weighted by Gasteiger charge is 2.19. The third-order valence-electron chi connectivity index (χ3n) is 1.81. The molecular weight excluding hydrogens is 166 g/mol. The molecule has 1 unspecified atom stereocenters. The van der Waals surface area contributed by atoms with Gasteiger partial charge in [0.2, 0.25) is 0 Å². The lowest BCUT2D eigenvalue weighted by Gasteiger charge is -2.24. The van der Waals surface area contributed by atoms with Gasteiger partial charge in [-0.05, 0) is 6.07 Å². The summed E-state index contributed by atoms with van der Waals surface area (Å²) in [5, 5.41) is 8.47. The van der Waals surface area contributed by atoms with E-state index in [9.17, 15) is 0 Å². The number of nitrogens with zero attached hydrogens (tertiary/aromatic N) is 1. The summed E-state index contributed by atoms with van der Waals surface area (Å²) >= 11 is 0. The second-order valence-corrected chi connectivity index (χ2v) is 2.78. The molecule has 0 saturated carbocycles. The lowest BCUT2D eigenvalue weighted by molar-refractivity contribution is 0.0939. The molecule has 2 rings (SSSR count). The van der Waals surface area contributed by atoms with Crippen LogP contribution in [0.25, 0.3) is 0 Å². The third-order valence-corrected chi connectivity index (χ3v) is 1.81. The van der Waals surface area contributed by atoms with E-state index in [4.69, 9.17) is 14.7 Å². The maximum Gasteiger partial charge on any atom is 0.169 e. The van der Waals surface area contributed by atoms with E-state index in [2.05, 4.69) is 6.07 Å². The largest absolute Gasteiger partial charge is 0.486 e. The predicted molar refractivity (Wildman–Crippen MR) is 45.4 cm³/mol. The molecule has 1 atom stereocenters. The van der Waals surface area contributed by atoms with Gasteiger partial charge in [0, 0.05) is 6.07 Å². The molecule has 0 aromatic heterocycles. The monoisotopic (exact) mass is 174 g/mol. The van der Waals surface area contributed by atoms with Crippen molar-refractivity contribution in [3.63, 3.8) is 0 Å². The van der Waals surface area contributed by atoms with E-state index in [1.807, 2.05) is 18.2 Å². The first-order valence-electron chi connectivity index (χ1n) is 4.07. The molecule has 1 aromatic rings. The van der Waals surface area contributed by atoms with Gasteiger partial charge < -0.3 is 9.47 Å². The fourth-order valence-corrected chi connectivity index (χ4v) is 1.20. The highest BCUT2D eigenvalue weighted by Crippen LogP contribution is 2.30. The summed E-state index contributed by atoms with van der Waals surface area (Å²) in [6.07, 6.45) is 0.193. The summed E-state index contributed by atoms with van der Waals surface area (Å²) in [5.74, 6) is 1.31. The van der Waals surface area contributed by atoms with Crippen LogP contribution in [0.4, 0.5) is 0 Å². The maximum atomic E-state index is 8.47. The number of benzene rings is 1. The fraction of sp³-hybridized carbons (Fsp3) is 0.300. The molecular formula is C10H8NO2. The Morgan fingerprint density at radius 2 is 2.62 bits per heavy atom. The second-order valence-electron chi connectivity index (χ2n) is 2.78. The smallest absolute Gasteiger partial charge is 0.169 e. The van der Waals surface area contributed by atoms with E-state index in [1.54, 1.807) is 6.07 Å². The average Bonchev–Trinajstić information content (AvgIpc) is 2.18. The quantitative estimate of drug-likeness (QED) is 0.648. The molecule has 1 aliphatic rings.